The molecule has 1 aliphatic rings. The lowest BCUT2D eigenvalue weighted by atomic mass is 10.2. The number of nitrogen functional groups attached to an aromatic ring is 1. The molecule has 0 spiro atoms. The SMILES string of the molecule is Nc1cc(Cl)cc(CN2CCn3cnnc3C2)c1. The third-order valence-electron chi connectivity index (χ3n) is 3.10. The van der Waals surface area contributed by atoms with Crippen molar-refractivity contribution in [3.8, 4) is 0 Å². The lowest BCUT2D eigenvalue weighted by molar-refractivity contribution is 0.209. The lowest BCUT2D eigenvalue weighted by Gasteiger charge is -2.26. The van der Waals surface area contributed by atoms with Crippen molar-refractivity contribution in [1.82, 2.24) is 19.7 Å². The summed E-state index contributed by atoms with van der Waals surface area (Å²) in [5, 5.41) is 8.71. The van der Waals surface area contributed by atoms with E-state index in [-0.39, 0.29) is 0 Å². The molecule has 2 aromatic rings. The molecular formula is C12H14ClN5. The van der Waals surface area contributed by atoms with Gasteiger partial charge in [-0.3, -0.25) is 4.90 Å². The first-order valence-electron chi connectivity index (χ1n) is 5.85. The maximum atomic E-state index is 6.01. The summed E-state index contributed by atoms with van der Waals surface area (Å²) in [4.78, 5) is 2.31. The second-order valence-corrected chi connectivity index (χ2v) is 4.98. The minimum absolute atomic E-state index is 0.685. The van der Waals surface area contributed by atoms with Crippen molar-refractivity contribution in [1.29, 1.82) is 0 Å². The summed E-state index contributed by atoms with van der Waals surface area (Å²) in [7, 11) is 0. The summed E-state index contributed by atoms with van der Waals surface area (Å²) >= 11 is 6.01. The van der Waals surface area contributed by atoms with Crippen molar-refractivity contribution >= 4 is 17.3 Å². The number of hydrogen-bond acceptors (Lipinski definition) is 4. The molecule has 3 rings (SSSR count). The summed E-state index contributed by atoms with van der Waals surface area (Å²) in [6, 6.07) is 5.68. The highest BCUT2D eigenvalue weighted by Crippen LogP contribution is 2.19. The summed E-state index contributed by atoms with van der Waals surface area (Å²) < 4.78 is 2.09. The van der Waals surface area contributed by atoms with Gasteiger partial charge in [-0.15, -0.1) is 10.2 Å². The smallest absolute Gasteiger partial charge is 0.147 e. The second kappa shape index (κ2) is 4.59. The second-order valence-electron chi connectivity index (χ2n) is 4.54. The van der Waals surface area contributed by atoms with Crippen LogP contribution < -0.4 is 5.73 Å². The van der Waals surface area contributed by atoms with Gasteiger partial charge in [0.15, 0.2) is 0 Å². The molecule has 0 saturated carbocycles. The van der Waals surface area contributed by atoms with E-state index in [1.807, 2.05) is 12.1 Å². The molecule has 0 saturated heterocycles. The Bertz CT molecular complexity index is 545. The fraction of sp³-hybridized carbons (Fsp3) is 0.333. The largest absolute Gasteiger partial charge is 0.399 e. The summed E-state index contributed by atoms with van der Waals surface area (Å²) in [5.41, 5.74) is 7.63. The molecule has 18 heavy (non-hydrogen) atoms. The summed E-state index contributed by atoms with van der Waals surface area (Å²) in [5.74, 6) is 1.01. The predicted molar refractivity (Wildman–Crippen MR) is 70.0 cm³/mol. The van der Waals surface area contributed by atoms with Crippen LogP contribution in [0.25, 0.3) is 0 Å². The van der Waals surface area contributed by atoms with Crippen LogP contribution in [0.1, 0.15) is 11.4 Å². The first kappa shape index (κ1) is 11.5. The van der Waals surface area contributed by atoms with Gasteiger partial charge < -0.3 is 10.3 Å². The van der Waals surface area contributed by atoms with Gasteiger partial charge >= 0.3 is 0 Å². The first-order chi connectivity index (χ1) is 8.70. The standard InChI is InChI=1S/C12H14ClN5/c13-10-3-9(4-11(14)5-10)6-17-1-2-18-8-15-16-12(18)7-17/h3-5,8H,1-2,6-7,14H2. The van der Waals surface area contributed by atoms with Gasteiger partial charge in [0.25, 0.3) is 0 Å². The first-order valence-corrected chi connectivity index (χ1v) is 6.22. The lowest BCUT2D eigenvalue weighted by Crippen LogP contribution is -2.33. The maximum Gasteiger partial charge on any atom is 0.147 e. The van der Waals surface area contributed by atoms with E-state index < -0.39 is 0 Å². The number of hydrogen-bond donors (Lipinski definition) is 1. The molecule has 1 aromatic heterocycles. The Hall–Kier alpha value is -1.59. The van der Waals surface area contributed by atoms with Crippen molar-refractivity contribution in [2.75, 3.05) is 12.3 Å². The van der Waals surface area contributed by atoms with E-state index >= 15 is 0 Å². The third kappa shape index (κ3) is 2.32. The van der Waals surface area contributed by atoms with Crippen LogP contribution in [-0.2, 0) is 19.6 Å². The molecule has 5 nitrogen and oxygen atoms in total. The molecular weight excluding hydrogens is 250 g/mol. The van der Waals surface area contributed by atoms with Crippen molar-refractivity contribution in [3.63, 3.8) is 0 Å². The highest BCUT2D eigenvalue weighted by molar-refractivity contribution is 6.30. The molecule has 0 unspecified atom stereocenters. The van der Waals surface area contributed by atoms with Crippen molar-refractivity contribution < 1.29 is 0 Å². The summed E-state index contributed by atoms with van der Waals surface area (Å²) in [6.07, 6.45) is 1.78. The molecule has 2 N–H and O–H groups in total. The van der Waals surface area contributed by atoms with Crippen LogP contribution in [0.3, 0.4) is 0 Å². The minimum atomic E-state index is 0.685. The van der Waals surface area contributed by atoms with Gasteiger partial charge in [0, 0.05) is 30.3 Å². The van der Waals surface area contributed by atoms with E-state index in [4.69, 9.17) is 17.3 Å². The number of anilines is 1. The molecule has 1 aromatic carbocycles. The Balaban J connectivity index is 1.74. The molecule has 0 atom stereocenters. The number of benzene rings is 1. The fourth-order valence-electron chi connectivity index (χ4n) is 2.28. The molecule has 1 aliphatic heterocycles. The van der Waals surface area contributed by atoms with Crippen molar-refractivity contribution in [3.05, 3.63) is 40.9 Å². The Morgan fingerprint density at radius 2 is 2.17 bits per heavy atom. The van der Waals surface area contributed by atoms with Crippen LogP contribution in [0, 0.1) is 0 Å². The van der Waals surface area contributed by atoms with Gasteiger partial charge in [-0.25, -0.2) is 0 Å². The van der Waals surface area contributed by atoms with Crippen molar-refractivity contribution in [2.45, 2.75) is 19.6 Å². The zero-order valence-electron chi connectivity index (χ0n) is 9.88. The molecule has 0 fully saturated rings. The van der Waals surface area contributed by atoms with Gasteiger partial charge in [-0.1, -0.05) is 11.6 Å². The zero-order valence-corrected chi connectivity index (χ0v) is 10.6. The van der Waals surface area contributed by atoms with Crippen LogP contribution >= 0.6 is 11.6 Å². The van der Waals surface area contributed by atoms with Crippen LogP contribution in [0.5, 0.6) is 0 Å². The van der Waals surface area contributed by atoms with E-state index in [0.29, 0.717) is 10.7 Å². The van der Waals surface area contributed by atoms with Crippen LogP contribution in [0.2, 0.25) is 5.02 Å². The number of fused-ring (bicyclic) bond motifs is 1. The van der Waals surface area contributed by atoms with E-state index in [1.54, 1.807) is 12.4 Å². The average molecular weight is 264 g/mol. The molecule has 6 heteroatoms. The number of nitrogens with zero attached hydrogens (tertiary/aromatic N) is 4. The van der Waals surface area contributed by atoms with Gasteiger partial charge in [0.1, 0.15) is 12.2 Å². The number of halogens is 1. The highest BCUT2D eigenvalue weighted by atomic mass is 35.5. The molecule has 2 heterocycles. The van der Waals surface area contributed by atoms with Gasteiger partial charge in [0.2, 0.25) is 0 Å². The van der Waals surface area contributed by atoms with Gasteiger partial charge in [0.05, 0.1) is 6.54 Å². The average Bonchev–Trinajstić information content (AvgIpc) is 2.74. The molecule has 0 amide bonds. The van der Waals surface area contributed by atoms with Gasteiger partial charge in [-0.05, 0) is 23.8 Å². The Morgan fingerprint density at radius 3 is 3.00 bits per heavy atom. The Morgan fingerprint density at radius 1 is 1.28 bits per heavy atom. The van der Waals surface area contributed by atoms with E-state index in [0.717, 1.165) is 37.6 Å². The Labute approximate surface area is 110 Å². The number of aromatic nitrogens is 3. The summed E-state index contributed by atoms with van der Waals surface area (Å²) in [6.45, 7) is 3.56. The van der Waals surface area contributed by atoms with Crippen LogP contribution in [0.4, 0.5) is 5.69 Å². The zero-order chi connectivity index (χ0) is 12.5. The normalized spacial score (nSPS) is 15.6. The number of rotatable bonds is 2. The van der Waals surface area contributed by atoms with E-state index in [1.165, 1.54) is 0 Å². The monoisotopic (exact) mass is 263 g/mol. The fourth-order valence-corrected chi connectivity index (χ4v) is 2.54. The van der Waals surface area contributed by atoms with E-state index in [9.17, 15) is 0 Å². The third-order valence-corrected chi connectivity index (χ3v) is 3.32. The molecule has 0 bridgehead atoms. The molecule has 0 aliphatic carbocycles. The topological polar surface area (TPSA) is 60.0 Å². The van der Waals surface area contributed by atoms with E-state index in [2.05, 4.69) is 19.7 Å². The van der Waals surface area contributed by atoms with Crippen molar-refractivity contribution in [2.24, 2.45) is 0 Å². The Kier molecular flexibility index (Phi) is 2.93. The quantitative estimate of drug-likeness (QED) is 0.835. The molecule has 0 radical (unpaired) electrons. The van der Waals surface area contributed by atoms with Gasteiger partial charge in [-0.2, -0.15) is 0 Å². The van der Waals surface area contributed by atoms with Crippen LogP contribution in [-0.4, -0.2) is 26.2 Å². The maximum absolute atomic E-state index is 6.01. The predicted octanol–water partition coefficient (Wildman–Crippen LogP) is 1.53. The highest BCUT2D eigenvalue weighted by Gasteiger charge is 2.17. The van der Waals surface area contributed by atoms with Crippen LogP contribution in [0.15, 0.2) is 24.5 Å². The number of nitrogens with two attached hydrogens (primary N) is 1. The minimum Gasteiger partial charge on any atom is -0.399 e. The molecule has 94 valence electrons.